The monoisotopic (exact) mass is 217 g/mol. The van der Waals surface area contributed by atoms with Gasteiger partial charge in [-0.2, -0.15) is 5.10 Å². The number of H-pyrrole nitrogens is 1. The van der Waals surface area contributed by atoms with Gasteiger partial charge in [-0.15, -0.1) is 0 Å². The summed E-state index contributed by atoms with van der Waals surface area (Å²) in [5.41, 5.74) is 11.1. The Labute approximate surface area is 95.8 Å². The van der Waals surface area contributed by atoms with Crippen molar-refractivity contribution in [1.82, 2.24) is 10.2 Å². The van der Waals surface area contributed by atoms with E-state index in [1.165, 1.54) is 68.3 Å². The van der Waals surface area contributed by atoms with Crippen molar-refractivity contribution < 1.29 is 0 Å². The van der Waals surface area contributed by atoms with Crippen LogP contribution < -0.4 is 5.73 Å². The Bertz CT molecular complexity index is 438. The Kier molecular flexibility index (Phi) is 1.56. The molecule has 0 radical (unpaired) electrons. The molecule has 0 unspecified atom stereocenters. The topological polar surface area (TPSA) is 54.7 Å². The number of hydrogen-bond acceptors (Lipinski definition) is 2. The number of rotatable bonds is 2. The van der Waals surface area contributed by atoms with Crippen LogP contribution in [0.3, 0.4) is 0 Å². The van der Waals surface area contributed by atoms with Crippen LogP contribution in [0, 0.1) is 0 Å². The number of fused-ring (bicyclic) bond motifs is 1. The van der Waals surface area contributed by atoms with Crippen LogP contribution in [0.4, 0.5) is 0 Å². The second-order valence-corrected chi connectivity index (χ2v) is 5.97. The van der Waals surface area contributed by atoms with Gasteiger partial charge in [-0.05, 0) is 56.9 Å². The molecule has 3 nitrogen and oxygen atoms in total. The van der Waals surface area contributed by atoms with E-state index < -0.39 is 0 Å². The van der Waals surface area contributed by atoms with Gasteiger partial charge in [0.1, 0.15) is 0 Å². The zero-order chi connectivity index (χ0) is 10.8. The molecule has 0 aliphatic heterocycles. The molecule has 0 bridgehead atoms. The van der Waals surface area contributed by atoms with Crippen molar-refractivity contribution in [1.29, 1.82) is 0 Å². The first kappa shape index (κ1) is 9.23. The summed E-state index contributed by atoms with van der Waals surface area (Å²) in [5.74, 6) is 0. The molecular weight excluding hydrogens is 198 g/mol. The summed E-state index contributed by atoms with van der Waals surface area (Å²) in [7, 11) is 0. The van der Waals surface area contributed by atoms with Crippen molar-refractivity contribution >= 4 is 0 Å². The minimum atomic E-state index is 0.105. The maximum Gasteiger partial charge on any atom is 0.0736 e. The molecule has 1 aromatic heterocycles. The Balaban J connectivity index is 1.80. The molecule has 0 spiro atoms. The molecule has 2 fully saturated rings. The number of aromatic amines is 1. The van der Waals surface area contributed by atoms with E-state index in [4.69, 9.17) is 5.73 Å². The molecule has 2 saturated carbocycles. The predicted molar refractivity (Wildman–Crippen MR) is 62.3 cm³/mol. The standard InChI is InChI=1S/C13H19N3/c14-13(7-8-13)12(5-6-12)11-9-3-1-2-4-10(9)15-16-11/h1-8,14H2,(H,15,16). The minimum Gasteiger partial charge on any atom is -0.324 e. The van der Waals surface area contributed by atoms with Crippen LogP contribution in [0.15, 0.2) is 0 Å². The highest BCUT2D eigenvalue weighted by atomic mass is 15.1. The normalized spacial score (nSPS) is 28.6. The van der Waals surface area contributed by atoms with Crippen molar-refractivity contribution in [2.24, 2.45) is 5.73 Å². The molecule has 3 heteroatoms. The van der Waals surface area contributed by atoms with Crippen LogP contribution >= 0.6 is 0 Å². The van der Waals surface area contributed by atoms with Crippen molar-refractivity contribution in [2.75, 3.05) is 0 Å². The first-order chi connectivity index (χ1) is 7.75. The van der Waals surface area contributed by atoms with E-state index in [-0.39, 0.29) is 11.0 Å². The summed E-state index contributed by atoms with van der Waals surface area (Å²) >= 11 is 0. The van der Waals surface area contributed by atoms with Gasteiger partial charge < -0.3 is 5.73 Å². The van der Waals surface area contributed by atoms with Gasteiger partial charge in [0.05, 0.1) is 5.69 Å². The Morgan fingerprint density at radius 2 is 1.81 bits per heavy atom. The van der Waals surface area contributed by atoms with E-state index in [2.05, 4.69) is 10.2 Å². The molecule has 0 saturated heterocycles. The van der Waals surface area contributed by atoms with Gasteiger partial charge in [0, 0.05) is 16.6 Å². The van der Waals surface area contributed by atoms with Crippen LogP contribution in [-0.4, -0.2) is 15.7 Å². The lowest BCUT2D eigenvalue weighted by atomic mass is 9.84. The Morgan fingerprint density at radius 1 is 1.06 bits per heavy atom. The number of hydrogen-bond donors (Lipinski definition) is 2. The zero-order valence-electron chi connectivity index (χ0n) is 9.68. The first-order valence-electron chi connectivity index (χ1n) is 6.61. The average Bonchev–Trinajstić information content (AvgIpc) is 3.20. The number of nitrogens with two attached hydrogens (primary N) is 1. The summed E-state index contributed by atoms with van der Waals surface area (Å²) in [6.07, 6.45) is 9.99. The lowest BCUT2D eigenvalue weighted by Crippen LogP contribution is -2.38. The number of nitrogens with zero attached hydrogens (tertiary/aromatic N) is 1. The van der Waals surface area contributed by atoms with Gasteiger partial charge in [-0.25, -0.2) is 0 Å². The van der Waals surface area contributed by atoms with E-state index in [1.54, 1.807) is 0 Å². The third-order valence-electron chi connectivity index (χ3n) is 5.00. The Hall–Kier alpha value is -0.830. The van der Waals surface area contributed by atoms with Crippen LogP contribution in [-0.2, 0) is 18.3 Å². The highest BCUT2D eigenvalue weighted by molar-refractivity contribution is 5.43. The predicted octanol–water partition coefficient (Wildman–Crippen LogP) is 1.81. The van der Waals surface area contributed by atoms with Crippen LogP contribution in [0.25, 0.3) is 0 Å². The maximum absolute atomic E-state index is 6.46. The molecule has 4 rings (SSSR count). The molecule has 3 aliphatic carbocycles. The summed E-state index contributed by atoms with van der Waals surface area (Å²) < 4.78 is 0. The molecule has 3 aliphatic rings. The van der Waals surface area contributed by atoms with Crippen molar-refractivity contribution in [3.05, 3.63) is 17.0 Å². The van der Waals surface area contributed by atoms with Gasteiger partial charge in [-0.3, -0.25) is 5.10 Å². The van der Waals surface area contributed by atoms with E-state index in [1.807, 2.05) is 0 Å². The highest BCUT2D eigenvalue weighted by Gasteiger charge is 2.66. The molecule has 0 amide bonds. The quantitative estimate of drug-likeness (QED) is 0.793. The fraction of sp³-hybridized carbons (Fsp3) is 0.769. The van der Waals surface area contributed by atoms with E-state index in [0.717, 1.165) is 0 Å². The van der Waals surface area contributed by atoms with Gasteiger partial charge in [0.15, 0.2) is 0 Å². The van der Waals surface area contributed by atoms with Gasteiger partial charge in [-0.1, -0.05) is 0 Å². The van der Waals surface area contributed by atoms with E-state index in [0.29, 0.717) is 0 Å². The van der Waals surface area contributed by atoms with E-state index >= 15 is 0 Å². The second kappa shape index (κ2) is 2.70. The van der Waals surface area contributed by atoms with Crippen LogP contribution in [0.5, 0.6) is 0 Å². The molecule has 1 heterocycles. The summed E-state index contributed by atoms with van der Waals surface area (Å²) in [6.45, 7) is 0. The lowest BCUT2D eigenvalue weighted by Gasteiger charge is -2.23. The fourth-order valence-corrected chi connectivity index (χ4v) is 3.59. The third kappa shape index (κ3) is 1.000. The highest BCUT2D eigenvalue weighted by Crippen LogP contribution is 2.64. The number of nitrogens with one attached hydrogen (secondary N) is 1. The largest absolute Gasteiger partial charge is 0.324 e. The molecule has 0 atom stereocenters. The molecule has 3 N–H and O–H groups in total. The molecule has 86 valence electrons. The average molecular weight is 217 g/mol. The van der Waals surface area contributed by atoms with Gasteiger partial charge in [0.25, 0.3) is 0 Å². The number of aryl methyl sites for hydroxylation is 1. The number of aromatic nitrogens is 2. The van der Waals surface area contributed by atoms with Crippen molar-refractivity contribution in [2.45, 2.75) is 62.3 Å². The van der Waals surface area contributed by atoms with Crippen molar-refractivity contribution in [3.63, 3.8) is 0 Å². The maximum atomic E-state index is 6.46. The van der Waals surface area contributed by atoms with Gasteiger partial charge in [0.2, 0.25) is 0 Å². The van der Waals surface area contributed by atoms with E-state index in [9.17, 15) is 0 Å². The van der Waals surface area contributed by atoms with Crippen molar-refractivity contribution in [3.8, 4) is 0 Å². The molecule has 1 aromatic rings. The first-order valence-corrected chi connectivity index (χ1v) is 6.61. The summed E-state index contributed by atoms with van der Waals surface area (Å²) in [5, 5.41) is 7.90. The molecule has 0 aromatic carbocycles. The summed E-state index contributed by atoms with van der Waals surface area (Å²) in [4.78, 5) is 0. The smallest absolute Gasteiger partial charge is 0.0736 e. The van der Waals surface area contributed by atoms with Gasteiger partial charge >= 0.3 is 0 Å². The second-order valence-electron chi connectivity index (χ2n) is 5.97. The molecule has 16 heavy (non-hydrogen) atoms. The van der Waals surface area contributed by atoms with Crippen LogP contribution in [0.2, 0.25) is 0 Å². The summed E-state index contributed by atoms with van der Waals surface area (Å²) in [6, 6.07) is 0. The van der Waals surface area contributed by atoms with Crippen LogP contribution in [0.1, 0.15) is 55.5 Å². The SMILES string of the molecule is NC1(C2(c3n[nH]c4c3CCCC4)CC2)CC1. The Morgan fingerprint density at radius 3 is 2.50 bits per heavy atom. The third-order valence-corrected chi connectivity index (χ3v) is 5.00. The fourth-order valence-electron chi connectivity index (χ4n) is 3.59. The lowest BCUT2D eigenvalue weighted by molar-refractivity contribution is 0.485. The minimum absolute atomic E-state index is 0.105. The zero-order valence-corrected chi connectivity index (χ0v) is 9.68. The molecular formula is C13H19N3.